The van der Waals surface area contributed by atoms with Gasteiger partial charge in [-0.05, 0) is 36.8 Å². The third kappa shape index (κ3) is 2.95. The van der Waals surface area contributed by atoms with Gasteiger partial charge in [-0.1, -0.05) is 36.4 Å². The van der Waals surface area contributed by atoms with E-state index in [4.69, 9.17) is 4.42 Å². The second kappa shape index (κ2) is 6.44. The maximum Gasteiger partial charge on any atom is 0.349 e. The Balaban J connectivity index is 1.64. The van der Waals surface area contributed by atoms with Gasteiger partial charge in [-0.2, -0.15) is 0 Å². The van der Waals surface area contributed by atoms with Crippen LogP contribution in [0.1, 0.15) is 21.6 Å². The molecule has 4 rings (SSSR count). The van der Waals surface area contributed by atoms with Crippen LogP contribution in [0.4, 0.5) is 0 Å². The van der Waals surface area contributed by atoms with Crippen molar-refractivity contribution in [1.29, 1.82) is 0 Å². The molecule has 0 aliphatic heterocycles. The molecule has 0 saturated heterocycles. The smallest absolute Gasteiger partial charge is 0.349 e. The number of pyridine rings is 1. The molecule has 0 fully saturated rings. The number of aromatic nitrogens is 1. The zero-order valence-corrected chi connectivity index (χ0v) is 14.2. The molecule has 1 amide bonds. The highest BCUT2D eigenvalue weighted by molar-refractivity contribution is 5.96. The van der Waals surface area contributed by atoms with Crippen LogP contribution in [0.2, 0.25) is 0 Å². The molecule has 4 aromatic rings. The van der Waals surface area contributed by atoms with Crippen molar-refractivity contribution in [3.63, 3.8) is 0 Å². The summed E-state index contributed by atoms with van der Waals surface area (Å²) < 4.78 is 5.23. The van der Waals surface area contributed by atoms with Crippen molar-refractivity contribution in [2.45, 2.75) is 13.5 Å². The molecule has 0 saturated carbocycles. The Morgan fingerprint density at radius 1 is 1.08 bits per heavy atom. The van der Waals surface area contributed by atoms with Crippen LogP contribution >= 0.6 is 0 Å². The predicted molar refractivity (Wildman–Crippen MR) is 100 cm³/mol. The van der Waals surface area contributed by atoms with Gasteiger partial charge in [0, 0.05) is 23.0 Å². The Labute approximate surface area is 149 Å². The van der Waals surface area contributed by atoms with Crippen LogP contribution in [-0.2, 0) is 6.54 Å². The van der Waals surface area contributed by atoms with Gasteiger partial charge in [0.1, 0.15) is 11.1 Å². The SMILES string of the molecule is Cc1cc(CNC(=O)c2cc3ccccc3oc2=O)c2ccccc2n1. The second-order valence-corrected chi connectivity index (χ2v) is 6.11. The van der Waals surface area contributed by atoms with Crippen LogP contribution in [0.5, 0.6) is 0 Å². The molecule has 0 aliphatic rings. The van der Waals surface area contributed by atoms with Gasteiger partial charge < -0.3 is 9.73 Å². The molecule has 128 valence electrons. The number of rotatable bonds is 3. The van der Waals surface area contributed by atoms with Crippen molar-refractivity contribution in [1.82, 2.24) is 10.3 Å². The lowest BCUT2D eigenvalue weighted by atomic mass is 10.1. The van der Waals surface area contributed by atoms with E-state index in [1.165, 1.54) is 0 Å². The van der Waals surface area contributed by atoms with Crippen LogP contribution in [0.25, 0.3) is 21.9 Å². The van der Waals surface area contributed by atoms with Crippen molar-refractivity contribution in [2.75, 3.05) is 0 Å². The summed E-state index contributed by atoms with van der Waals surface area (Å²) in [6, 6.07) is 18.4. The van der Waals surface area contributed by atoms with E-state index in [2.05, 4.69) is 10.3 Å². The summed E-state index contributed by atoms with van der Waals surface area (Å²) in [6.07, 6.45) is 0. The number of fused-ring (bicyclic) bond motifs is 2. The number of nitrogens with zero attached hydrogens (tertiary/aromatic N) is 1. The quantitative estimate of drug-likeness (QED) is 0.577. The van der Waals surface area contributed by atoms with E-state index in [9.17, 15) is 9.59 Å². The van der Waals surface area contributed by atoms with E-state index in [1.807, 2.05) is 43.3 Å². The molecule has 0 spiro atoms. The molecule has 0 bridgehead atoms. The molecule has 26 heavy (non-hydrogen) atoms. The Hall–Kier alpha value is -3.47. The van der Waals surface area contributed by atoms with Gasteiger partial charge in [-0.3, -0.25) is 9.78 Å². The summed E-state index contributed by atoms with van der Waals surface area (Å²) in [7, 11) is 0. The summed E-state index contributed by atoms with van der Waals surface area (Å²) in [5, 5.41) is 4.50. The maximum absolute atomic E-state index is 12.5. The molecule has 0 radical (unpaired) electrons. The highest BCUT2D eigenvalue weighted by atomic mass is 16.4. The molecule has 0 atom stereocenters. The topological polar surface area (TPSA) is 72.2 Å². The van der Waals surface area contributed by atoms with E-state index >= 15 is 0 Å². The fourth-order valence-corrected chi connectivity index (χ4v) is 3.03. The Morgan fingerprint density at radius 3 is 2.73 bits per heavy atom. The molecule has 0 aliphatic carbocycles. The van der Waals surface area contributed by atoms with Gasteiger partial charge in [0.2, 0.25) is 0 Å². The molecular formula is C21H16N2O3. The minimum Gasteiger partial charge on any atom is -0.422 e. The van der Waals surface area contributed by atoms with Crippen molar-refractivity contribution >= 4 is 27.8 Å². The molecular weight excluding hydrogens is 328 g/mol. The second-order valence-electron chi connectivity index (χ2n) is 6.11. The van der Waals surface area contributed by atoms with Gasteiger partial charge in [0.25, 0.3) is 5.91 Å². The van der Waals surface area contributed by atoms with Crippen molar-refractivity contribution in [3.8, 4) is 0 Å². The molecule has 2 aromatic carbocycles. The zero-order chi connectivity index (χ0) is 18.1. The summed E-state index contributed by atoms with van der Waals surface area (Å²) >= 11 is 0. The standard InChI is InChI=1S/C21H16N2O3/c1-13-10-15(16-7-3-4-8-18(16)23-13)12-22-20(24)17-11-14-6-2-5-9-19(14)26-21(17)25/h2-11H,12H2,1H3,(H,22,24). The van der Waals surface area contributed by atoms with Crippen LogP contribution < -0.4 is 10.9 Å². The minimum absolute atomic E-state index is 0.00113. The number of carbonyl (C=O) groups is 1. The van der Waals surface area contributed by atoms with Crippen LogP contribution in [0.3, 0.4) is 0 Å². The molecule has 5 heteroatoms. The number of carbonyl (C=O) groups excluding carboxylic acids is 1. The third-order valence-corrected chi connectivity index (χ3v) is 4.26. The highest BCUT2D eigenvalue weighted by Crippen LogP contribution is 2.18. The Kier molecular flexibility index (Phi) is 3.97. The third-order valence-electron chi connectivity index (χ3n) is 4.26. The Morgan fingerprint density at radius 2 is 1.85 bits per heavy atom. The minimum atomic E-state index is -0.642. The van der Waals surface area contributed by atoms with E-state index in [1.54, 1.807) is 24.3 Å². The summed E-state index contributed by atoms with van der Waals surface area (Å²) in [6.45, 7) is 2.21. The fraction of sp³-hybridized carbons (Fsp3) is 0.0952. The van der Waals surface area contributed by atoms with Gasteiger partial charge in [0.15, 0.2) is 0 Å². The van der Waals surface area contributed by atoms with Crippen LogP contribution in [-0.4, -0.2) is 10.9 Å². The number of hydrogen-bond acceptors (Lipinski definition) is 4. The number of amides is 1. The van der Waals surface area contributed by atoms with E-state index in [0.29, 0.717) is 17.5 Å². The number of aryl methyl sites for hydroxylation is 1. The van der Waals surface area contributed by atoms with E-state index in [-0.39, 0.29) is 5.56 Å². The number of hydrogen-bond donors (Lipinski definition) is 1. The lowest BCUT2D eigenvalue weighted by Crippen LogP contribution is -2.28. The van der Waals surface area contributed by atoms with Crippen molar-refractivity contribution in [3.05, 3.63) is 87.9 Å². The van der Waals surface area contributed by atoms with Crippen molar-refractivity contribution in [2.24, 2.45) is 0 Å². The summed E-state index contributed by atoms with van der Waals surface area (Å²) in [4.78, 5) is 29.1. The molecule has 5 nitrogen and oxygen atoms in total. The first kappa shape index (κ1) is 16.0. The van der Waals surface area contributed by atoms with Gasteiger partial charge in [-0.15, -0.1) is 0 Å². The summed E-state index contributed by atoms with van der Waals surface area (Å²) in [5.74, 6) is -0.456. The lowest BCUT2D eigenvalue weighted by Gasteiger charge is -2.09. The first-order chi connectivity index (χ1) is 12.6. The van der Waals surface area contributed by atoms with Crippen molar-refractivity contribution < 1.29 is 9.21 Å². The average Bonchev–Trinajstić information content (AvgIpc) is 2.65. The number of para-hydroxylation sites is 2. The first-order valence-corrected chi connectivity index (χ1v) is 8.28. The van der Waals surface area contributed by atoms with Gasteiger partial charge in [-0.25, -0.2) is 4.79 Å². The Bertz CT molecular complexity index is 1190. The predicted octanol–water partition coefficient (Wildman–Crippen LogP) is 3.58. The molecule has 2 aromatic heterocycles. The normalized spacial score (nSPS) is 11.0. The first-order valence-electron chi connectivity index (χ1n) is 8.28. The van der Waals surface area contributed by atoms with Gasteiger partial charge in [0.05, 0.1) is 5.52 Å². The van der Waals surface area contributed by atoms with Crippen LogP contribution in [0.15, 0.2) is 69.9 Å². The fourth-order valence-electron chi connectivity index (χ4n) is 3.03. The highest BCUT2D eigenvalue weighted by Gasteiger charge is 2.14. The maximum atomic E-state index is 12.5. The lowest BCUT2D eigenvalue weighted by molar-refractivity contribution is 0.0947. The number of nitrogens with one attached hydrogen (secondary N) is 1. The monoisotopic (exact) mass is 344 g/mol. The summed E-state index contributed by atoms with van der Waals surface area (Å²) in [5.41, 5.74) is 2.52. The van der Waals surface area contributed by atoms with E-state index < -0.39 is 11.5 Å². The average molecular weight is 344 g/mol. The van der Waals surface area contributed by atoms with E-state index in [0.717, 1.165) is 22.2 Å². The largest absolute Gasteiger partial charge is 0.422 e. The van der Waals surface area contributed by atoms with Crippen LogP contribution in [0, 0.1) is 6.92 Å². The number of benzene rings is 2. The molecule has 1 N–H and O–H groups in total. The molecule has 0 unspecified atom stereocenters. The molecule has 2 heterocycles. The zero-order valence-electron chi connectivity index (χ0n) is 14.2. The van der Waals surface area contributed by atoms with Gasteiger partial charge >= 0.3 is 5.63 Å².